The van der Waals surface area contributed by atoms with Crippen LogP contribution >= 0.6 is 7.82 Å². The molecule has 0 saturated carbocycles. The monoisotopic (exact) mass is 1130 g/mol. The lowest BCUT2D eigenvalue weighted by atomic mass is 10.0. The van der Waals surface area contributed by atoms with Crippen molar-refractivity contribution in [3.63, 3.8) is 0 Å². The molecule has 0 fully saturated rings. The van der Waals surface area contributed by atoms with Gasteiger partial charge in [-0.2, -0.15) is 0 Å². The number of phosphoric ester groups is 1. The third-order valence-corrected chi connectivity index (χ3v) is 16.5. The average molecular weight is 1130 g/mol. The van der Waals surface area contributed by atoms with E-state index in [4.69, 9.17) is 13.8 Å². The number of ether oxygens (including phenoxy) is 1. The van der Waals surface area contributed by atoms with Gasteiger partial charge in [0.25, 0.3) is 0 Å². The van der Waals surface area contributed by atoms with Crippen molar-refractivity contribution in [1.82, 2.24) is 5.32 Å². The smallest absolute Gasteiger partial charge is 0.456 e. The fourth-order valence-electron chi connectivity index (χ4n) is 10.2. The molecule has 0 rings (SSSR count). The Kier molecular flexibility index (Phi) is 58.1. The number of nitrogens with one attached hydrogen (secondary N) is 1. The second-order valence-electron chi connectivity index (χ2n) is 24.7. The Morgan fingerprint density at radius 2 is 0.734 bits per heavy atom. The van der Waals surface area contributed by atoms with Crippen LogP contribution in [0.2, 0.25) is 0 Å². The highest BCUT2D eigenvalue weighted by Crippen LogP contribution is 2.43. The van der Waals surface area contributed by atoms with Gasteiger partial charge in [-0.25, -0.2) is 4.57 Å². The molecule has 2 N–H and O–H groups in total. The molecule has 0 spiro atoms. The molecule has 1 amide bonds. The molecule has 10 heteroatoms. The van der Waals surface area contributed by atoms with Crippen LogP contribution in [0.1, 0.15) is 342 Å². The Balaban J connectivity index is 5.07. The third-order valence-electron chi connectivity index (χ3n) is 15.6. The molecule has 3 unspecified atom stereocenters. The van der Waals surface area contributed by atoms with Crippen LogP contribution in [0.5, 0.6) is 0 Å². The molecule has 0 bridgehead atoms. The number of phosphoric acid groups is 1. The Labute approximate surface area is 491 Å². The summed E-state index contributed by atoms with van der Waals surface area (Å²) in [5, 5.41) is 3.07. The second kappa shape index (κ2) is 59.4. The fourth-order valence-corrected chi connectivity index (χ4v) is 11.0. The minimum atomic E-state index is -4.45. The van der Waals surface area contributed by atoms with Crippen molar-refractivity contribution in [1.29, 1.82) is 0 Å². The lowest BCUT2D eigenvalue weighted by Crippen LogP contribution is -2.47. The summed E-state index contributed by atoms with van der Waals surface area (Å²) in [6, 6.07) is -0.847. The first kappa shape index (κ1) is 77.2. The van der Waals surface area contributed by atoms with Gasteiger partial charge in [0.05, 0.1) is 33.8 Å². The minimum Gasteiger partial charge on any atom is -0.456 e. The molecule has 466 valence electrons. The van der Waals surface area contributed by atoms with Crippen molar-refractivity contribution in [2.45, 2.75) is 354 Å². The topological polar surface area (TPSA) is 111 Å². The number of likely N-dealkylation sites (N-methyl/N-ethyl adjacent to an activating group) is 1. The van der Waals surface area contributed by atoms with Crippen molar-refractivity contribution in [3.05, 3.63) is 36.5 Å². The zero-order valence-corrected chi connectivity index (χ0v) is 54.3. The molecule has 0 radical (unpaired) electrons. The van der Waals surface area contributed by atoms with E-state index in [1.165, 1.54) is 250 Å². The SMILES string of the molecule is CCCCCC/C=C\CCCCCCCCCC(=O)OC(/C=C\CCCCCCCCCCCCC)C(COP(=O)(O)OCC[N+](C)(C)C)NC(=O)CCCCCCCCCCCCCCCCC/C=C/CCCCCCCC. The van der Waals surface area contributed by atoms with Gasteiger partial charge in [0, 0.05) is 12.8 Å². The van der Waals surface area contributed by atoms with Crippen LogP contribution < -0.4 is 5.32 Å². The van der Waals surface area contributed by atoms with Crippen LogP contribution in [0.15, 0.2) is 36.5 Å². The predicted octanol–water partition coefficient (Wildman–Crippen LogP) is 21.5. The van der Waals surface area contributed by atoms with Gasteiger partial charge in [-0.15, -0.1) is 0 Å². The van der Waals surface area contributed by atoms with Crippen LogP contribution in [0.3, 0.4) is 0 Å². The van der Waals surface area contributed by atoms with Crippen molar-refractivity contribution >= 4 is 19.7 Å². The number of carbonyl (C=O) groups excluding carboxylic acids is 2. The second-order valence-corrected chi connectivity index (χ2v) is 26.1. The molecule has 0 aliphatic rings. The summed E-state index contributed by atoms with van der Waals surface area (Å²) in [7, 11) is 1.51. The summed E-state index contributed by atoms with van der Waals surface area (Å²) in [4.78, 5) is 37.8. The van der Waals surface area contributed by atoms with E-state index in [-0.39, 0.29) is 31.5 Å². The Bertz CT molecular complexity index is 1450. The highest BCUT2D eigenvalue weighted by Gasteiger charge is 2.30. The lowest BCUT2D eigenvalue weighted by molar-refractivity contribution is -0.870. The maximum Gasteiger partial charge on any atom is 0.472 e. The number of amides is 1. The maximum absolute atomic E-state index is 13.6. The van der Waals surface area contributed by atoms with Crippen molar-refractivity contribution in [3.8, 4) is 0 Å². The van der Waals surface area contributed by atoms with E-state index in [1.54, 1.807) is 0 Å². The summed E-state index contributed by atoms with van der Waals surface area (Å²) in [6.45, 7) is 7.04. The van der Waals surface area contributed by atoms with Crippen LogP contribution in [-0.2, 0) is 27.9 Å². The molecule has 0 saturated heterocycles. The zero-order valence-electron chi connectivity index (χ0n) is 53.4. The van der Waals surface area contributed by atoms with Crippen LogP contribution in [0, 0.1) is 0 Å². The number of allylic oxidation sites excluding steroid dienone is 5. The number of hydrogen-bond donors (Lipinski definition) is 2. The number of nitrogens with zero attached hydrogens (tertiary/aromatic N) is 1. The van der Waals surface area contributed by atoms with Gasteiger partial charge in [-0.05, 0) is 83.1 Å². The summed E-state index contributed by atoms with van der Waals surface area (Å²) in [5.41, 5.74) is 0. The van der Waals surface area contributed by atoms with E-state index < -0.39 is 20.0 Å². The van der Waals surface area contributed by atoms with Gasteiger partial charge >= 0.3 is 13.8 Å². The highest BCUT2D eigenvalue weighted by atomic mass is 31.2. The lowest BCUT2D eigenvalue weighted by Gasteiger charge is -2.27. The molecule has 0 aliphatic heterocycles. The molecular formula is C69H134N2O7P+. The maximum atomic E-state index is 13.6. The first-order valence-corrected chi connectivity index (χ1v) is 35.8. The quantitative estimate of drug-likeness (QED) is 0.0205. The summed E-state index contributed by atoms with van der Waals surface area (Å²) >= 11 is 0. The van der Waals surface area contributed by atoms with Gasteiger partial charge in [0.15, 0.2) is 0 Å². The van der Waals surface area contributed by atoms with Crippen molar-refractivity contribution in [2.24, 2.45) is 0 Å². The van der Waals surface area contributed by atoms with E-state index in [0.29, 0.717) is 17.4 Å². The van der Waals surface area contributed by atoms with Gasteiger partial charge < -0.3 is 19.4 Å². The third kappa shape index (κ3) is 60.6. The zero-order chi connectivity index (χ0) is 57.9. The molecule has 79 heavy (non-hydrogen) atoms. The predicted molar refractivity (Wildman–Crippen MR) is 342 cm³/mol. The van der Waals surface area contributed by atoms with Gasteiger partial charge in [0.1, 0.15) is 19.3 Å². The van der Waals surface area contributed by atoms with Crippen LogP contribution in [0.4, 0.5) is 0 Å². The largest absolute Gasteiger partial charge is 0.472 e. The van der Waals surface area contributed by atoms with Crippen LogP contribution in [0.25, 0.3) is 0 Å². The van der Waals surface area contributed by atoms with E-state index in [0.717, 1.165) is 57.8 Å². The molecule has 0 aliphatic carbocycles. The van der Waals surface area contributed by atoms with Gasteiger partial charge in [-0.3, -0.25) is 18.6 Å². The first-order valence-electron chi connectivity index (χ1n) is 34.3. The summed E-state index contributed by atoms with van der Waals surface area (Å²) in [5.74, 6) is -0.494. The molecule has 0 aromatic rings. The number of esters is 1. The molecule has 0 heterocycles. The molecule has 3 atom stereocenters. The van der Waals surface area contributed by atoms with Crippen LogP contribution in [-0.4, -0.2) is 74.3 Å². The van der Waals surface area contributed by atoms with Crippen molar-refractivity contribution < 1.29 is 37.3 Å². The highest BCUT2D eigenvalue weighted by molar-refractivity contribution is 7.47. The minimum absolute atomic E-state index is 0.0420. The van der Waals surface area contributed by atoms with E-state index in [2.05, 4.69) is 50.4 Å². The average Bonchev–Trinajstić information content (AvgIpc) is 3.41. The van der Waals surface area contributed by atoms with E-state index in [1.807, 2.05) is 33.3 Å². The molecular weight excluding hydrogens is 1000 g/mol. The first-order chi connectivity index (χ1) is 38.4. The fraction of sp³-hybridized carbons (Fsp3) is 0.884. The Morgan fingerprint density at radius 1 is 0.430 bits per heavy atom. The van der Waals surface area contributed by atoms with Gasteiger partial charge in [0.2, 0.25) is 5.91 Å². The van der Waals surface area contributed by atoms with E-state index in [9.17, 15) is 19.0 Å². The Morgan fingerprint density at radius 3 is 1.09 bits per heavy atom. The molecule has 0 aromatic carbocycles. The number of hydrogen-bond acceptors (Lipinski definition) is 6. The number of rotatable bonds is 63. The number of quaternary nitrogens is 1. The molecule has 9 nitrogen and oxygen atoms in total. The Hall–Kier alpha value is -1.77. The normalized spacial score (nSPS) is 13.8. The van der Waals surface area contributed by atoms with Gasteiger partial charge in [-0.1, -0.05) is 282 Å². The molecule has 0 aromatic heterocycles. The number of unbranched alkanes of at least 4 members (excludes halogenated alkanes) is 43. The van der Waals surface area contributed by atoms with Crippen molar-refractivity contribution in [2.75, 3.05) is 40.9 Å². The van der Waals surface area contributed by atoms with E-state index >= 15 is 0 Å². The number of carbonyl (C=O) groups is 2. The standard InChI is InChI=1S/C69H133N2O7P/c1-7-10-13-16-19-22-25-28-30-31-32-33-34-35-36-37-38-39-41-43-46-49-52-55-58-61-68(72)70-66(65-77-79(74,75)76-64-63-71(4,5)6)67(60-57-54-51-48-45-42-27-24-21-18-15-12-9-3)78-69(73)62-59-56-53-50-47-44-40-29-26-23-20-17-14-11-8-2/h23,26,28,30,57,60,66-67H,7-22,24-25,27,29,31-56,58-59,61-65H2,1-6H3,(H-,70,72,74,75)/p+1/b26-23-,30-28+,60-57-. The summed E-state index contributed by atoms with van der Waals surface area (Å²) < 4.78 is 30.8. The summed E-state index contributed by atoms with van der Waals surface area (Å²) in [6.07, 6.45) is 72.9.